The number of hydrogen-bond acceptors (Lipinski definition) is 3. The predicted octanol–water partition coefficient (Wildman–Crippen LogP) is 4.18. The van der Waals surface area contributed by atoms with E-state index < -0.39 is 0 Å². The van der Waals surface area contributed by atoms with E-state index in [4.69, 9.17) is 17.3 Å². The maximum Gasteiger partial charge on any atom is 0.317 e. The molecule has 0 aromatic heterocycles. The molecule has 0 radical (unpaired) electrons. The molecule has 2 aromatic carbocycles. The van der Waals surface area contributed by atoms with Gasteiger partial charge in [0.15, 0.2) is 5.78 Å². The maximum absolute atomic E-state index is 13.5. The van der Waals surface area contributed by atoms with Gasteiger partial charge in [0.2, 0.25) is 0 Å². The third kappa shape index (κ3) is 4.08. The van der Waals surface area contributed by atoms with Gasteiger partial charge in [-0.2, -0.15) is 0 Å². The molecule has 0 bridgehead atoms. The van der Waals surface area contributed by atoms with Crippen molar-refractivity contribution in [3.8, 4) is 0 Å². The fourth-order valence-electron chi connectivity index (χ4n) is 4.37. The van der Waals surface area contributed by atoms with Gasteiger partial charge in [-0.25, -0.2) is 9.18 Å². The summed E-state index contributed by atoms with van der Waals surface area (Å²) in [5.41, 5.74) is 8.39. The summed E-state index contributed by atoms with van der Waals surface area (Å²) in [6.45, 7) is 1.56. The summed E-state index contributed by atoms with van der Waals surface area (Å²) in [7, 11) is 0. The summed E-state index contributed by atoms with van der Waals surface area (Å²) >= 11 is 6.02. The molecule has 3 N–H and O–H groups in total. The van der Waals surface area contributed by atoms with Crippen LogP contribution < -0.4 is 11.1 Å². The van der Waals surface area contributed by atoms with Crippen LogP contribution >= 0.6 is 11.6 Å². The minimum atomic E-state index is -0.373. The van der Waals surface area contributed by atoms with Gasteiger partial charge < -0.3 is 16.0 Å². The first-order valence-corrected chi connectivity index (χ1v) is 10.1. The summed E-state index contributed by atoms with van der Waals surface area (Å²) in [4.78, 5) is 26.9. The molecule has 4 rings (SSSR count). The lowest BCUT2D eigenvalue weighted by atomic mass is 9.66. The zero-order chi connectivity index (χ0) is 20.6. The number of ketones is 1. The van der Waals surface area contributed by atoms with Crippen molar-refractivity contribution in [3.63, 3.8) is 0 Å². The van der Waals surface area contributed by atoms with Crippen LogP contribution in [0.25, 0.3) is 0 Å². The molecule has 29 heavy (non-hydrogen) atoms. The average molecular weight is 416 g/mol. The van der Waals surface area contributed by atoms with E-state index in [9.17, 15) is 14.0 Å². The molecule has 7 heteroatoms. The number of likely N-dealkylation sites (tertiary alicyclic amines) is 1. The Balaban J connectivity index is 1.35. The second-order valence-electron chi connectivity index (χ2n) is 8.08. The summed E-state index contributed by atoms with van der Waals surface area (Å²) in [6.07, 6.45) is 2.70. The number of hydrogen-bond donors (Lipinski definition) is 2. The van der Waals surface area contributed by atoms with Crippen molar-refractivity contribution in [2.45, 2.75) is 32.2 Å². The van der Waals surface area contributed by atoms with Crippen molar-refractivity contribution in [2.75, 3.05) is 18.8 Å². The van der Waals surface area contributed by atoms with E-state index in [2.05, 4.69) is 5.32 Å². The highest BCUT2D eigenvalue weighted by Gasteiger charge is 2.41. The average Bonchev–Trinajstić information content (AvgIpc) is 2.70. The fraction of sp³-hybridized carbons (Fsp3) is 0.364. The Hall–Kier alpha value is -2.60. The number of urea groups is 1. The van der Waals surface area contributed by atoms with E-state index in [1.54, 1.807) is 23.1 Å². The van der Waals surface area contributed by atoms with E-state index in [-0.39, 0.29) is 23.0 Å². The van der Waals surface area contributed by atoms with E-state index in [0.29, 0.717) is 42.3 Å². The number of nitrogens with one attached hydrogen (secondary N) is 1. The van der Waals surface area contributed by atoms with Gasteiger partial charge in [-0.3, -0.25) is 4.79 Å². The lowest BCUT2D eigenvalue weighted by Crippen LogP contribution is -2.49. The minimum absolute atomic E-state index is 0.00359. The molecule has 2 aromatic rings. The van der Waals surface area contributed by atoms with Crippen molar-refractivity contribution in [1.29, 1.82) is 0 Å². The molecule has 1 aliphatic heterocycles. The summed E-state index contributed by atoms with van der Waals surface area (Å²) in [5.74, 6) is -0.370. The van der Waals surface area contributed by atoms with Crippen LogP contribution in [0.2, 0.25) is 5.02 Å². The van der Waals surface area contributed by atoms with Gasteiger partial charge in [0, 0.05) is 31.6 Å². The highest BCUT2D eigenvalue weighted by atomic mass is 35.5. The lowest BCUT2D eigenvalue weighted by Gasteiger charge is -2.44. The monoisotopic (exact) mass is 415 g/mol. The van der Waals surface area contributed by atoms with E-state index >= 15 is 0 Å². The first-order chi connectivity index (χ1) is 13.8. The van der Waals surface area contributed by atoms with Crippen LogP contribution in [0, 0.1) is 11.2 Å². The number of Topliss-reactive ketones (excluding diaryl/α,β-unsaturated/α-hetero) is 1. The van der Waals surface area contributed by atoms with Crippen LogP contribution in [0.15, 0.2) is 36.4 Å². The van der Waals surface area contributed by atoms with Crippen LogP contribution in [0.3, 0.4) is 0 Å². The third-order valence-electron chi connectivity index (χ3n) is 6.09. The molecule has 0 unspecified atom stereocenters. The summed E-state index contributed by atoms with van der Waals surface area (Å²) in [5, 5.41) is 3.39. The summed E-state index contributed by atoms with van der Waals surface area (Å²) < 4.78 is 13.5. The molecule has 5 nitrogen and oxygen atoms in total. The smallest absolute Gasteiger partial charge is 0.317 e. The molecule has 1 spiro atoms. The molecule has 1 saturated heterocycles. The van der Waals surface area contributed by atoms with Crippen molar-refractivity contribution < 1.29 is 14.0 Å². The predicted molar refractivity (Wildman–Crippen MR) is 110 cm³/mol. The largest absolute Gasteiger partial charge is 0.398 e. The molecule has 2 amide bonds. The molecule has 0 atom stereocenters. The molecule has 152 valence electrons. The molecule has 2 aliphatic rings. The van der Waals surface area contributed by atoms with E-state index in [1.165, 1.54) is 12.1 Å². The number of anilines is 1. The lowest BCUT2D eigenvalue weighted by molar-refractivity contribution is 0.0735. The normalized spacial score (nSPS) is 17.9. The topological polar surface area (TPSA) is 75.4 Å². The Morgan fingerprint density at radius 3 is 2.66 bits per heavy atom. The van der Waals surface area contributed by atoms with Gasteiger partial charge in [0.1, 0.15) is 5.82 Å². The van der Waals surface area contributed by atoms with Crippen LogP contribution in [0.5, 0.6) is 0 Å². The van der Waals surface area contributed by atoms with Gasteiger partial charge >= 0.3 is 6.03 Å². The number of halogens is 2. The van der Waals surface area contributed by atoms with Gasteiger partial charge in [-0.1, -0.05) is 23.7 Å². The van der Waals surface area contributed by atoms with Gasteiger partial charge in [-0.05, 0) is 60.1 Å². The zero-order valence-corrected chi connectivity index (χ0v) is 16.8. The highest BCUT2D eigenvalue weighted by Crippen LogP contribution is 2.43. The van der Waals surface area contributed by atoms with E-state index in [1.807, 2.05) is 6.07 Å². The number of carbonyl (C=O) groups is 2. The third-order valence-corrected chi connectivity index (χ3v) is 6.42. The molecule has 1 fully saturated rings. The van der Waals surface area contributed by atoms with Gasteiger partial charge in [-0.15, -0.1) is 0 Å². The standard InChI is InChI=1S/C22H23ClFN3O2/c23-18-9-14(1-4-19(18)25)13-26-21(29)27-7-5-22(6-8-27)11-15-2-3-16(24)10-17(15)20(28)12-22/h1-4,9-10H,5-8,11-13,25H2,(H,26,29). The quantitative estimate of drug-likeness (QED) is 0.722. The Bertz CT molecular complexity index is 971. The highest BCUT2D eigenvalue weighted by molar-refractivity contribution is 6.33. The van der Waals surface area contributed by atoms with Crippen LogP contribution in [-0.4, -0.2) is 29.8 Å². The number of rotatable bonds is 2. The Morgan fingerprint density at radius 2 is 1.93 bits per heavy atom. The van der Waals surface area contributed by atoms with E-state index in [0.717, 1.165) is 30.4 Å². The number of fused-ring (bicyclic) bond motifs is 1. The van der Waals surface area contributed by atoms with Gasteiger partial charge in [0.05, 0.1) is 10.7 Å². The number of piperidine rings is 1. The molecule has 0 saturated carbocycles. The number of nitrogens with zero attached hydrogens (tertiary/aromatic N) is 1. The van der Waals surface area contributed by atoms with Crippen molar-refractivity contribution in [1.82, 2.24) is 10.2 Å². The van der Waals surface area contributed by atoms with Crippen LogP contribution in [0.4, 0.5) is 14.9 Å². The van der Waals surface area contributed by atoms with Gasteiger partial charge in [0.25, 0.3) is 0 Å². The van der Waals surface area contributed by atoms with Crippen LogP contribution in [-0.2, 0) is 13.0 Å². The Labute approximate surface area is 174 Å². The first-order valence-electron chi connectivity index (χ1n) is 9.74. The fourth-order valence-corrected chi connectivity index (χ4v) is 4.58. The number of benzene rings is 2. The molecular weight excluding hydrogens is 393 g/mol. The maximum atomic E-state index is 13.5. The van der Waals surface area contributed by atoms with Crippen LogP contribution in [0.1, 0.15) is 40.7 Å². The van der Waals surface area contributed by atoms with Crippen molar-refractivity contribution >= 4 is 29.1 Å². The SMILES string of the molecule is Nc1ccc(CNC(=O)N2CCC3(CC2)CC(=O)c2cc(F)ccc2C3)cc1Cl. The minimum Gasteiger partial charge on any atom is -0.398 e. The first kappa shape index (κ1) is 19.7. The second kappa shape index (κ2) is 7.67. The van der Waals surface area contributed by atoms with Crippen molar-refractivity contribution in [2.24, 2.45) is 5.41 Å². The second-order valence-corrected chi connectivity index (χ2v) is 8.49. The number of amides is 2. The number of nitrogen functional groups attached to an aromatic ring is 1. The molecular formula is C22H23ClFN3O2. The Kier molecular flexibility index (Phi) is 5.21. The van der Waals surface area contributed by atoms with Crippen molar-refractivity contribution in [3.05, 3.63) is 63.9 Å². The number of carbonyl (C=O) groups excluding carboxylic acids is 2. The Morgan fingerprint density at radius 1 is 1.17 bits per heavy atom. The zero-order valence-electron chi connectivity index (χ0n) is 16.0. The molecule has 1 aliphatic carbocycles. The summed E-state index contributed by atoms with van der Waals surface area (Å²) in [6, 6.07) is 9.65. The molecule has 1 heterocycles. The number of nitrogens with two attached hydrogens (primary N) is 1.